The zero-order valence-corrected chi connectivity index (χ0v) is 18.7. The Morgan fingerprint density at radius 3 is 2.59 bits per heavy atom. The molecule has 1 fully saturated rings. The molecule has 34 heavy (non-hydrogen) atoms. The number of amides is 1. The number of pyridine rings is 1. The van der Waals surface area contributed by atoms with E-state index in [2.05, 4.69) is 17.4 Å². The number of halogens is 1. The van der Waals surface area contributed by atoms with Crippen LogP contribution in [0.5, 0.6) is 0 Å². The highest BCUT2D eigenvalue weighted by Gasteiger charge is 2.51. The van der Waals surface area contributed by atoms with E-state index < -0.39 is 11.9 Å². The summed E-state index contributed by atoms with van der Waals surface area (Å²) in [5, 5.41) is 13.7. The average Bonchev–Trinajstić information content (AvgIpc) is 3.41. The summed E-state index contributed by atoms with van der Waals surface area (Å²) in [6.07, 6.45) is 0.822. The van der Waals surface area contributed by atoms with Crippen molar-refractivity contribution in [2.24, 2.45) is 11.8 Å². The molecular formula is C27H26FN3O3. The Bertz CT molecular complexity index is 1340. The lowest BCUT2D eigenvalue weighted by atomic mass is 9.87. The van der Waals surface area contributed by atoms with Crippen LogP contribution in [0.1, 0.15) is 22.9 Å². The number of aliphatic hydroxyl groups is 1. The standard InChI is InChI=1S/C27H26FN3O3/c28-22-8-4-3-7-18(22)19-9-10-23-24-20(14-31(23)26(19)33)21(15-32)25(29-24)27(34)30-12-11-16-5-1-2-6-17(16)13-30/h1-10,20-21,24-25,29,32H,11-15H2/t20-,21-,24+,25-/m1/s1. The van der Waals surface area contributed by atoms with Crippen LogP contribution in [0.2, 0.25) is 0 Å². The summed E-state index contributed by atoms with van der Waals surface area (Å²) in [6.45, 7) is 1.48. The van der Waals surface area contributed by atoms with Crippen LogP contribution in [0.3, 0.4) is 0 Å². The molecule has 2 N–H and O–H groups in total. The van der Waals surface area contributed by atoms with Crippen molar-refractivity contribution >= 4 is 5.91 Å². The molecule has 4 atom stereocenters. The fourth-order valence-corrected chi connectivity index (χ4v) is 6.00. The molecular weight excluding hydrogens is 433 g/mol. The zero-order chi connectivity index (χ0) is 23.4. The normalized spacial score (nSPS) is 25.1. The van der Waals surface area contributed by atoms with Gasteiger partial charge in [0.1, 0.15) is 5.82 Å². The minimum absolute atomic E-state index is 0.000160. The predicted molar refractivity (Wildman–Crippen MR) is 125 cm³/mol. The number of carbonyl (C=O) groups excluding carboxylic acids is 1. The highest BCUT2D eigenvalue weighted by Crippen LogP contribution is 2.43. The van der Waals surface area contributed by atoms with E-state index in [0.29, 0.717) is 25.2 Å². The van der Waals surface area contributed by atoms with Crippen LogP contribution in [0.25, 0.3) is 11.1 Å². The predicted octanol–water partition coefficient (Wildman–Crippen LogP) is 2.49. The number of nitrogens with one attached hydrogen (secondary N) is 1. The quantitative estimate of drug-likeness (QED) is 0.631. The van der Waals surface area contributed by atoms with Gasteiger partial charge in [-0.1, -0.05) is 42.5 Å². The van der Waals surface area contributed by atoms with Crippen LogP contribution in [-0.4, -0.2) is 39.7 Å². The third-order valence-corrected chi connectivity index (χ3v) is 7.77. The average molecular weight is 460 g/mol. The van der Waals surface area contributed by atoms with E-state index in [9.17, 15) is 19.1 Å². The molecule has 3 aliphatic heterocycles. The number of carbonyl (C=O) groups is 1. The van der Waals surface area contributed by atoms with E-state index >= 15 is 0 Å². The fourth-order valence-electron chi connectivity index (χ4n) is 6.00. The van der Waals surface area contributed by atoms with Crippen LogP contribution < -0.4 is 10.9 Å². The SMILES string of the molecule is O=C([C@@H]1N[C@@H]2c3ccc(-c4ccccc4F)c(=O)n3C[C@@H]2[C@H]1CO)N1CCc2ccccc2C1. The largest absolute Gasteiger partial charge is 0.396 e. The smallest absolute Gasteiger partial charge is 0.258 e. The molecule has 0 unspecified atom stereocenters. The third kappa shape index (κ3) is 3.22. The maximum Gasteiger partial charge on any atom is 0.258 e. The molecule has 3 aromatic rings. The van der Waals surface area contributed by atoms with E-state index in [1.165, 1.54) is 17.2 Å². The molecule has 2 aromatic carbocycles. The van der Waals surface area contributed by atoms with Crippen molar-refractivity contribution in [3.63, 3.8) is 0 Å². The summed E-state index contributed by atoms with van der Waals surface area (Å²) in [6, 6.07) is 17.3. The first-order valence-electron chi connectivity index (χ1n) is 11.8. The first-order valence-corrected chi connectivity index (χ1v) is 11.8. The van der Waals surface area contributed by atoms with Crippen molar-refractivity contribution in [2.75, 3.05) is 13.2 Å². The maximum absolute atomic E-state index is 14.3. The highest BCUT2D eigenvalue weighted by atomic mass is 19.1. The molecule has 3 aliphatic rings. The lowest BCUT2D eigenvalue weighted by molar-refractivity contribution is -0.135. The Balaban J connectivity index is 1.28. The lowest BCUT2D eigenvalue weighted by Gasteiger charge is -2.33. The number of fused-ring (bicyclic) bond motifs is 4. The summed E-state index contributed by atoms with van der Waals surface area (Å²) in [5.41, 5.74) is 3.59. The lowest BCUT2D eigenvalue weighted by Crippen LogP contribution is -2.49. The summed E-state index contributed by atoms with van der Waals surface area (Å²) < 4.78 is 16.0. The van der Waals surface area contributed by atoms with E-state index in [4.69, 9.17) is 0 Å². The van der Waals surface area contributed by atoms with Gasteiger partial charge in [0, 0.05) is 49.3 Å². The first kappa shape index (κ1) is 21.3. The van der Waals surface area contributed by atoms with E-state index in [-0.39, 0.29) is 41.5 Å². The van der Waals surface area contributed by atoms with Crippen LogP contribution >= 0.6 is 0 Å². The molecule has 174 valence electrons. The van der Waals surface area contributed by atoms with Crippen molar-refractivity contribution in [3.05, 3.63) is 93.7 Å². The monoisotopic (exact) mass is 459 g/mol. The first-order chi connectivity index (χ1) is 16.6. The molecule has 1 amide bonds. The fraction of sp³-hybridized carbons (Fsp3) is 0.333. The molecule has 7 heteroatoms. The van der Waals surface area contributed by atoms with Gasteiger partial charge in [0.25, 0.3) is 5.56 Å². The summed E-state index contributed by atoms with van der Waals surface area (Å²) in [7, 11) is 0. The van der Waals surface area contributed by atoms with Crippen molar-refractivity contribution in [3.8, 4) is 11.1 Å². The number of hydrogen-bond donors (Lipinski definition) is 2. The van der Waals surface area contributed by atoms with Gasteiger partial charge in [-0.05, 0) is 35.7 Å². The Labute approximate surface area is 196 Å². The second-order valence-electron chi connectivity index (χ2n) is 9.48. The van der Waals surface area contributed by atoms with E-state index in [1.807, 2.05) is 23.1 Å². The molecule has 4 heterocycles. The van der Waals surface area contributed by atoms with Gasteiger partial charge in [0.05, 0.1) is 17.6 Å². The Morgan fingerprint density at radius 1 is 1.03 bits per heavy atom. The minimum Gasteiger partial charge on any atom is -0.396 e. The van der Waals surface area contributed by atoms with Crippen LogP contribution in [0, 0.1) is 17.7 Å². The summed E-state index contributed by atoms with van der Waals surface area (Å²) >= 11 is 0. The molecule has 0 spiro atoms. The van der Waals surface area contributed by atoms with Gasteiger partial charge < -0.3 is 14.6 Å². The maximum atomic E-state index is 14.3. The molecule has 6 nitrogen and oxygen atoms in total. The molecule has 1 saturated heterocycles. The highest BCUT2D eigenvalue weighted by molar-refractivity contribution is 5.83. The number of aromatic nitrogens is 1. The van der Waals surface area contributed by atoms with Gasteiger partial charge in [0.15, 0.2) is 0 Å². The second-order valence-corrected chi connectivity index (χ2v) is 9.48. The molecule has 0 bridgehead atoms. The van der Waals surface area contributed by atoms with Crippen molar-refractivity contribution in [1.82, 2.24) is 14.8 Å². The van der Waals surface area contributed by atoms with Crippen LogP contribution in [0.4, 0.5) is 4.39 Å². The summed E-state index contributed by atoms with van der Waals surface area (Å²) in [5.74, 6) is -0.816. The van der Waals surface area contributed by atoms with Crippen LogP contribution in [0.15, 0.2) is 65.5 Å². The molecule has 1 aromatic heterocycles. The number of hydrogen-bond acceptors (Lipinski definition) is 4. The molecule has 6 rings (SSSR count). The Kier molecular flexibility index (Phi) is 5.12. The number of rotatable bonds is 3. The van der Waals surface area contributed by atoms with Gasteiger partial charge in [-0.25, -0.2) is 4.39 Å². The van der Waals surface area contributed by atoms with E-state index in [0.717, 1.165) is 12.1 Å². The molecule has 0 radical (unpaired) electrons. The summed E-state index contributed by atoms with van der Waals surface area (Å²) in [4.78, 5) is 28.6. The van der Waals surface area contributed by atoms with Gasteiger partial charge in [-0.2, -0.15) is 0 Å². The topological polar surface area (TPSA) is 74.6 Å². The van der Waals surface area contributed by atoms with Crippen molar-refractivity contribution < 1.29 is 14.3 Å². The van der Waals surface area contributed by atoms with Gasteiger partial charge >= 0.3 is 0 Å². The third-order valence-electron chi connectivity index (χ3n) is 7.77. The van der Waals surface area contributed by atoms with Crippen molar-refractivity contribution in [1.29, 1.82) is 0 Å². The Hall–Kier alpha value is -3.29. The number of aliphatic hydroxyl groups excluding tert-OH is 1. The van der Waals surface area contributed by atoms with Gasteiger partial charge in [0.2, 0.25) is 5.91 Å². The van der Waals surface area contributed by atoms with Crippen LogP contribution in [-0.2, 0) is 24.3 Å². The Morgan fingerprint density at radius 2 is 1.79 bits per heavy atom. The zero-order valence-electron chi connectivity index (χ0n) is 18.7. The number of nitrogens with zero attached hydrogens (tertiary/aromatic N) is 2. The second kappa shape index (κ2) is 8.18. The number of benzene rings is 2. The minimum atomic E-state index is -0.500. The van der Waals surface area contributed by atoms with Gasteiger partial charge in [-0.3, -0.25) is 14.9 Å². The molecule has 0 aliphatic carbocycles. The van der Waals surface area contributed by atoms with Crippen molar-refractivity contribution in [2.45, 2.75) is 31.6 Å². The van der Waals surface area contributed by atoms with E-state index in [1.54, 1.807) is 28.8 Å². The van der Waals surface area contributed by atoms with Gasteiger partial charge in [-0.15, -0.1) is 0 Å². The molecule has 0 saturated carbocycles.